The number of morpholine rings is 1. The molecule has 0 bridgehead atoms. The number of hydrazone groups is 1. The second-order valence-corrected chi connectivity index (χ2v) is 6.10. The minimum Gasteiger partial charge on any atom is -0.493 e. The molecule has 2 aromatic rings. The average Bonchev–Trinajstić information content (AvgIpc) is 2.63. The highest BCUT2D eigenvalue weighted by molar-refractivity contribution is 6.01. The minimum absolute atomic E-state index is 0.0131. The number of hydrogen-bond donors (Lipinski definition) is 2. The van der Waals surface area contributed by atoms with E-state index in [2.05, 4.69) is 10.1 Å². The molecule has 0 saturated carbocycles. The van der Waals surface area contributed by atoms with Gasteiger partial charge in [0.1, 0.15) is 5.56 Å². The van der Waals surface area contributed by atoms with Crippen molar-refractivity contribution in [2.24, 2.45) is 5.10 Å². The van der Waals surface area contributed by atoms with Crippen LogP contribution in [-0.4, -0.2) is 51.7 Å². The van der Waals surface area contributed by atoms with Gasteiger partial charge < -0.3 is 9.84 Å². The maximum absolute atomic E-state index is 12.4. The number of aryl methyl sites for hydroxylation is 1. The Labute approximate surface area is 150 Å². The van der Waals surface area contributed by atoms with E-state index < -0.39 is 17.1 Å². The third-order valence-corrected chi connectivity index (χ3v) is 4.25. The zero-order chi connectivity index (χ0) is 18.7. The van der Waals surface area contributed by atoms with Crippen LogP contribution in [0.25, 0.3) is 5.69 Å². The van der Waals surface area contributed by atoms with Crippen molar-refractivity contribution in [2.75, 3.05) is 26.3 Å². The summed E-state index contributed by atoms with van der Waals surface area (Å²) >= 11 is 0. The summed E-state index contributed by atoms with van der Waals surface area (Å²) < 4.78 is 6.38. The molecule has 0 radical (unpaired) electrons. The summed E-state index contributed by atoms with van der Waals surface area (Å²) in [5.74, 6) is -0.406. The van der Waals surface area contributed by atoms with Crippen molar-refractivity contribution >= 4 is 5.71 Å². The normalized spacial score (nSPS) is 15.3. The van der Waals surface area contributed by atoms with Crippen molar-refractivity contribution in [3.8, 4) is 11.6 Å². The Morgan fingerprint density at radius 2 is 1.88 bits per heavy atom. The number of rotatable bonds is 4. The van der Waals surface area contributed by atoms with Gasteiger partial charge in [0.05, 0.1) is 37.7 Å². The van der Waals surface area contributed by atoms with E-state index in [1.54, 1.807) is 12.1 Å². The largest absolute Gasteiger partial charge is 0.493 e. The topological polar surface area (TPSA) is 99.9 Å². The summed E-state index contributed by atoms with van der Waals surface area (Å²) in [5.41, 5.74) is 0.587. The second kappa shape index (κ2) is 7.57. The molecule has 8 nitrogen and oxygen atoms in total. The number of nitrogens with one attached hydrogen (secondary N) is 1. The lowest BCUT2D eigenvalue weighted by molar-refractivity contribution is 0.0393. The smallest absolute Gasteiger partial charge is 0.335 e. The van der Waals surface area contributed by atoms with Crippen molar-refractivity contribution in [1.29, 1.82) is 0 Å². The minimum atomic E-state index is -0.693. The molecule has 1 aromatic carbocycles. The van der Waals surface area contributed by atoms with Crippen LogP contribution in [0.3, 0.4) is 0 Å². The zero-order valence-electron chi connectivity index (χ0n) is 14.9. The van der Waals surface area contributed by atoms with E-state index in [1.165, 1.54) is 0 Å². The van der Waals surface area contributed by atoms with Gasteiger partial charge in [-0.05, 0) is 25.5 Å². The number of aromatic amines is 1. The number of hydrogen-bond acceptors (Lipinski definition) is 6. The van der Waals surface area contributed by atoms with Gasteiger partial charge in [0, 0.05) is 0 Å². The number of benzene rings is 1. The maximum Gasteiger partial charge on any atom is 0.335 e. The number of aromatic hydroxyl groups is 1. The molecule has 3 rings (SSSR count). The molecule has 138 valence electrons. The first-order valence-electron chi connectivity index (χ1n) is 8.57. The van der Waals surface area contributed by atoms with Gasteiger partial charge in [-0.15, -0.1) is 0 Å². The summed E-state index contributed by atoms with van der Waals surface area (Å²) in [6.07, 6.45) is 0.431. The van der Waals surface area contributed by atoms with E-state index in [0.717, 1.165) is 10.1 Å². The molecule has 1 aliphatic rings. The van der Waals surface area contributed by atoms with Gasteiger partial charge in [0.25, 0.3) is 5.56 Å². The van der Waals surface area contributed by atoms with Gasteiger partial charge in [0.15, 0.2) is 0 Å². The van der Waals surface area contributed by atoms with Crippen molar-refractivity contribution < 1.29 is 9.84 Å². The molecule has 0 aliphatic carbocycles. The highest BCUT2D eigenvalue weighted by Gasteiger charge is 2.20. The fraction of sp³-hybridized carbons (Fsp3) is 0.389. The number of H-pyrrole nitrogens is 1. The SMILES string of the molecule is CCC(=NN1CCOCC1)c1c(O)n(-c2ccc(C)cc2)c(=O)[nH]c1=O. The monoisotopic (exact) mass is 358 g/mol. The van der Waals surface area contributed by atoms with E-state index in [0.29, 0.717) is 44.1 Å². The molecular weight excluding hydrogens is 336 g/mol. The molecule has 0 spiro atoms. The van der Waals surface area contributed by atoms with Crippen LogP contribution in [-0.2, 0) is 4.74 Å². The predicted octanol–water partition coefficient (Wildman–Crippen LogP) is 0.986. The van der Waals surface area contributed by atoms with E-state index in [1.807, 2.05) is 31.0 Å². The van der Waals surface area contributed by atoms with Crippen LogP contribution in [0.1, 0.15) is 24.5 Å². The first-order valence-corrected chi connectivity index (χ1v) is 8.57. The summed E-state index contributed by atoms with van der Waals surface area (Å²) in [6, 6.07) is 7.08. The molecule has 1 aliphatic heterocycles. The number of aromatic nitrogens is 2. The van der Waals surface area contributed by atoms with Gasteiger partial charge in [-0.2, -0.15) is 5.10 Å². The summed E-state index contributed by atoms with van der Waals surface area (Å²) in [7, 11) is 0. The Kier molecular flexibility index (Phi) is 5.22. The third-order valence-electron chi connectivity index (χ3n) is 4.25. The molecule has 0 atom stereocenters. The summed E-state index contributed by atoms with van der Waals surface area (Å²) in [4.78, 5) is 26.9. The van der Waals surface area contributed by atoms with E-state index >= 15 is 0 Å². The Hall–Kier alpha value is -2.87. The van der Waals surface area contributed by atoms with Crippen LogP contribution in [0.2, 0.25) is 0 Å². The lowest BCUT2D eigenvalue weighted by Crippen LogP contribution is -2.36. The van der Waals surface area contributed by atoms with Crippen LogP contribution < -0.4 is 11.2 Å². The number of nitrogens with zero attached hydrogens (tertiary/aromatic N) is 3. The Balaban J connectivity index is 2.13. The van der Waals surface area contributed by atoms with Gasteiger partial charge in [-0.25, -0.2) is 9.36 Å². The van der Waals surface area contributed by atoms with Gasteiger partial charge in [-0.3, -0.25) is 14.8 Å². The Bertz CT molecular complexity index is 922. The molecule has 1 fully saturated rings. The molecular formula is C18H22N4O4. The third kappa shape index (κ3) is 3.55. The maximum atomic E-state index is 12.4. The van der Waals surface area contributed by atoms with Crippen LogP contribution in [0.5, 0.6) is 5.88 Å². The van der Waals surface area contributed by atoms with Gasteiger partial charge in [0.2, 0.25) is 5.88 Å². The van der Waals surface area contributed by atoms with E-state index in [9.17, 15) is 14.7 Å². The van der Waals surface area contributed by atoms with Crippen molar-refractivity contribution in [2.45, 2.75) is 20.3 Å². The predicted molar refractivity (Wildman–Crippen MR) is 98.3 cm³/mol. The molecule has 1 aromatic heterocycles. The quantitative estimate of drug-likeness (QED) is 0.794. The van der Waals surface area contributed by atoms with Crippen molar-refractivity contribution in [3.63, 3.8) is 0 Å². The van der Waals surface area contributed by atoms with E-state index in [4.69, 9.17) is 4.74 Å². The lowest BCUT2D eigenvalue weighted by atomic mass is 10.1. The fourth-order valence-electron chi connectivity index (χ4n) is 2.84. The molecule has 26 heavy (non-hydrogen) atoms. The van der Waals surface area contributed by atoms with Crippen LogP contribution in [0.4, 0.5) is 0 Å². The Morgan fingerprint density at radius 3 is 2.50 bits per heavy atom. The first kappa shape index (κ1) is 17.9. The van der Waals surface area contributed by atoms with Gasteiger partial charge >= 0.3 is 5.69 Å². The summed E-state index contributed by atoms with van der Waals surface area (Å²) in [5, 5.41) is 17.0. The average molecular weight is 358 g/mol. The van der Waals surface area contributed by atoms with Crippen LogP contribution >= 0.6 is 0 Å². The summed E-state index contributed by atoms with van der Waals surface area (Å²) in [6.45, 7) is 6.12. The first-order chi connectivity index (χ1) is 12.5. The second-order valence-electron chi connectivity index (χ2n) is 6.10. The standard InChI is InChI=1S/C18H22N4O4/c1-3-14(20-21-8-10-26-11-9-21)15-16(23)19-18(25)22(17(15)24)13-6-4-12(2)5-7-13/h4-7,24H,3,8-11H2,1-2H3,(H,19,23,25). The number of ether oxygens (including phenoxy) is 1. The highest BCUT2D eigenvalue weighted by Crippen LogP contribution is 2.19. The van der Waals surface area contributed by atoms with Gasteiger partial charge in [-0.1, -0.05) is 24.6 Å². The molecule has 0 unspecified atom stereocenters. The molecule has 0 amide bonds. The molecule has 8 heteroatoms. The Morgan fingerprint density at radius 1 is 1.23 bits per heavy atom. The highest BCUT2D eigenvalue weighted by atomic mass is 16.5. The molecule has 1 saturated heterocycles. The molecule has 2 heterocycles. The van der Waals surface area contributed by atoms with E-state index in [-0.39, 0.29) is 5.56 Å². The van der Waals surface area contributed by atoms with Crippen molar-refractivity contribution in [3.05, 3.63) is 56.2 Å². The van der Waals surface area contributed by atoms with Crippen LogP contribution in [0.15, 0.2) is 39.0 Å². The fourth-order valence-corrected chi connectivity index (χ4v) is 2.84. The zero-order valence-corrected chi connectivity index (χ0v) is 14.9. The van der Waals surface area contributed by atoms with Crippen molar-refractivity contribution in [1.82, 2.24) is 14.6 Å². The lowest BCUT2D eigenvalue weighted by Gasteiger charge is -2.25. The molecule has 2 N–H and O–H groups in total. The van der Waals surface area contributed by atoms with Crippen LogP contribution in [0, 0.1) is 6.92 Å².